The topological polar surface area (TPSA) is 53.6 Å². The molecule has 3 atom stereocenters. The average Bonchev–Trinajstić information content (AvgIpc) is 3.04. The van der Waals surface area contributed by atoms with Crippen molar-refractivity contribution in [2.24, 2.45) is 0 Å². The highest BCUT2D eigenvalue weighted by molar-refractivity contribution is 5.82. The predicted octanol–water partition coefficient (Wildman–Crippen LogP) is 1.60. The molecule has 0 saturated carbocycles. The van der Waals surface area contributed by atoms with Gasteiger partial charge in [-0.3, -0.25) is 4.79 Å². The average molecular weight is 335 g/mol. The summed E-state index contributed by atoms with van der Waals surface area (Å²) in [6.45, 7) is 4.35. The number of hydrogen-bond acceptors (Lipinski definition) is 4. The molecule has 1 unspecified atom stereocenters. The van der Waals surface area contributed by atoms with Crippen LogP contribution in [0.5, 0.6) is 0 Å². The first-order valence-electron chi connectivity index (χ1n) is 8.64. The van der Waals surface area contributed by atoms with E-state index in [2.05, 4.69) is 15.5 Å². The lowest BCUT2D eigenvalue weighted by molar-refractivity contribution is -0.123. The summed E-state index contributed by atoms with van der Waals surface area (Å²) in [5, 5.41) is 6.38. The fourth-order valence-corrected chi connectivity index (χ4v) is 3.67. The molecular formula is C18H26FN3O2. The zero-order valence-corrected chi connectivity index (χ0v) is 14.3. The van der Waals surface area contributed by atoms with Crippen molar-refractivity contribution < 1.29 is 13.9 Å². The SMILES string of the molecule is CO[C@@H]1CN[C@@H](C(=O)NC2CCCN(c3ccc(F)cc3C)C2)C1. The largest absolute Gasteiger partial charge is 0.380 e. The van der Waals surface area contributed by atoms with E-state index in [1.54, 1.807) is 13.2 Å². The molecule has 1 amide bonds. The smallest absolute Gasteiger partial charge is 0.237 e. The number of nitrogens with one attached hydrogen (secondary N) is 2. The van der Waals surface area contributed by atoms with Crippen LogP contribution >= 0.6 is 0 Å². The molecule has 2 heterocycles. The van der Waals surface area contributed by atoms with E-state index in [1.807, 2.05) is 13.0 Å². The van der Waals surface area contributed by atoms with Crippen LogP contribution in [0, 0.1) is 12.7 Å². The first kappa shape index (κ1) is 17.2. The molecule has 132 valence electrons. The van der Waals surface area contributed by atoms with Crippen LogP contribution in [0.1, 0.15) is 24.8 Å². The van der Waals surface area contributed by atoms with Crippen molar-refractivity contribution >= 4 is 11.6 Å². The quantitative estimate of drug-likeness (QED) is 0.878. The minimum atomic E-state index is -0.210. The Balaban J connectivity index is 1.58. The molecular weight excluding hydrogens is 309 g/mol. The molecule has 0 bridgehead atoms. The van der Waals surface area contributed by atoms with Crippen molar-refractivity contribution in [3.63, 3.8) is 0 Å². The van der Waals surface area contributed by atoms with Gasteiger partial charge >= 0.3 is 0 Å². The highest BCUT2D eigenvalue weighted by Crippen LogP contribution is 2.24. The third-order valence-corrected chi connectivity index (χ3v) is 5.01. The Hall–Kier alpha value is -1.66. The molecule has 6 heteroatoms. The second-order valence-corrected chi connectivity index (χ2v) is 6.78. The zero-order valence-electron chi connectivity index (χ0n) is 14.3. The summed E-state index contributed by atoms with van der Waals surface area (Å²) in [5.74, 6) is -0.157. The van der Waals surface area contributed by atoms with Crippen LogP contribution in [-0.4, -0.2) is 50.8 Å². The van der Waals surface area contributed by atoms with E-state index < -0.39 is 0 Å². The van der Waals surface area contributed by atoms with Crippen molar-refractivity contribution in [3.8, 4) is 0 Å². The molecule has 0 spiro atoms. The number of hydrogen-bond donors (Lipinski definition) is 2. The van der Waals surface area contributed by atoms with Crippen LogP contribution in [0.3, 0.4) is 0 Å². The number of benzene rings is 1. The van der Waals surface area contributed by atoms with Gasteiger partial charge in [0, 0.05) is 38.5 Å². The molecule has 2 aliphatic heterocycles. The molecule has 2 aliphatic rings. The number of halogens is 1. The second-order valence-electron chi connectivity index (χ2n) is 6.78. The van der Waals surface area contributed by atoms with E-state index in [4.69, 9.17) is 4.74 Å². The monoisotopic (exact) mass is 335 g/mol. The minimum Gasteiger partial charge on any atom is -0.380 e. The molecule has 2 N–H and O–H groups in total. The van der Waals surface area contributed by atoms with Gasteiger partial charge < -0.3 is 20.3 Å². The molecule has 2 fully saturated rings. The van der Waals surface area contributed by atoms with Gasteiger partial charge in [0.2, 0.25) is 5.91 Å². The Morgan fingerprint density at radius 1 is 1.46 bits per heavy atom. The fraction of sp³-hybridized carbons (Fsp3) is 0.611. The molecule has 5 nitrogen and oxygen atoms in total. The summed E-state index contributed by atoms with van der Waals surface area (Å²) in [4.78, 5) is 14.7. The maximum absolute atomic E-state index is 13.3. The number of piperidine rings is 1. The maximum atomic E-state index is 13.3. The van der Waals surface area contributed by atoms with Gasteiger partial charge in [-0.25, -0.2) is 4.39 Å². The van der Waals surface area contributed by atoms with E-state index in [-0.39, 0.29) is 29.9 Å². The highest BCUT2D eigenvalue weighted by Gasteiger charge is 2.31. The Morgan fingerprint density at radius 2 is 2.29 bits per heavy atom. The number of amides is 1. The van der Waals surface area contributed by atoms with Gasteiger partial charge in [0.25, 0.3) is 0 Å². The van der Waals surface area contributed by atoms with Crippen molar-refractivity contribution in [2.45, 2.75) is 44.4 Å². The van der Waals surface area contributed by atoms with Crippen LogP contribution in [0.25, 0.3) is 0 Å². The summed E-state index contributed by atoms with van der Waals surface area (Å²) in [6.07, 6.45) is 2.82. The van der Waals surface area contributed by atoms with Crippen LogP contribution in [0.15, 0.2) is 18.2 Å². The number of methoxy groups -OCH3 is 1. The van der Waals surface area contributed by atoms with Crippen LogP contribution in [-0.2, 0) is 9.53 Å². The minimum absolute atomic E-state index is 0.0530. The molecule has 0 radical (unpaired) electrons. The fourth-order valence-electron chi connectivity index (χ4n) is 3.67. The Bertz CT molecular complexity index is 596. The van der Waals surface area contributed by atoms with Gasteiger partial charge in [-0.1, -0.05) is 0 Å². The third kappa shape index (κ3) is 3.87. The molecule has 3 rings (SSSR count). The Morgan fingerprint density at radius 3 is 3.00 bits per heavy atom. The molecule has 2 saturated heterocycles. The summed E-state index contributed by atoms with van der Waals surface area (Å²) >= 11 is 0. The standard InChI is InChI=1S/C18H26FN3O2/c1-12-8-13(19)5-6-17(12)22-7-3-4-14(11-22)21-18(23)16-9-15(24-2)10-20-16/h5-6,8,14-16,20H,3-4,7,9-11H2,1-2H3,(H,21,23)/t14?,15-,16+/m0/s1. The van der Waals surface area contributed by atoms with E-state index in [0.717, 1.165) is 50.1 Å². The second kappa shape index (κ2) is 7.49. The van der Waals surface area contributed by atoms with E-state index >= 15 is 0 Å². The number of carbonyl (C=O) groups is 1. The highest BCUT2D eigenvalue weighted by atomic mass is 19.1. The first-order chi connectivity index (χ1) is 11.6. The Kier molecular flexibility index (Phi) is 5.36. The molecule has 1 aromatic carbocycles. The summed E-state index contributed by atoms with van der Waals surface area (Å²) in [7, 11) is 1.68. The number of anilines is 1. The van der Waals surface area contributed by atoms with Crippen molar-refractivity contribution in [3.05, 3.63) is 29.6 Å². The Labute approximate surface area is 142 Å². The number of rotatable bonds is 4. The zero-order chi connectivity index (χ0) is 17.1. The van der Waals surface area contributed by atoms with Crippen LogP contribution in [0.4, 0.5) is 10.1 Å². The van der Waals surface area contributed by atoms with Gasteiger partial charge in [0.15, 0.2) is 0 Å². The van der Waals surface area contributed by atoms with Crippen LogP contribution < -0.4 is 15.5 Å². The first-order valence-corrected chi connectivity index (χ1v) is 8.64. The number of carbonyl (C=O) groups excluding carboxylic acids is 1. The third-order valence-electron chi connectivity index (χ3n) is 5.01. The van der Waals surface area contributed by atoms with Gasteiger partial charge in [-0.2, -0.15) is 0 Å². The summed E-state index contributed by atoms with van der Waals surface area (Å²) in [6, 6.07) is 4.84. The number of aryl methyl sites for hydroxylation is 1. The lowest BCUT2D eigenvalue weighted by Crippen LogP contribution is -2.52. The maximum Gasteiger partial charge on any atom is 0.237 e. The molecule has 0 aromatic heterocycles. The van der Waals surface area contributed by atoms with Gasteiger partial charge in [0.05, 0.1) is 12.1 Å². The lowest BCUT2D eigenvalue weighted by Gasteiger charge is -2.36. The normalized spacial score (nSPS) is 27.3. The van der Waals surface area contributed by atoms with Crippen molar-refractivity contribution in [2.75, 3.05) is 31.6 Å². The van der Waals surface area contributed by atoms with Crippen molar-refractivity contribution in [1.82, 2.24) is 10.6 Å². The van der Waals surface area contributed by atoms with E-state index in [9.17, 15) is 9.18 Å². The van der Waals surface area contributed by atoms with Gasteiger partial charge in [0.1, 0.15) is 5.82 Å². The number of ether oxygens (including phenoxy) is 1. The van der Waals surface area contributed by atoms with Crippen LogP contribution in [0.2, 0.25) is 0 Å². The van der Waals surface area contributed by atoms with E-state index in [0.29, 0.717) is 0 Å². The summed E-state index contributed by atoms with van der Waals surface area (Å²) < 4.78 is 18.6. The summed E-state index contributed by atoms with van der Waals surface area (Å²) in [5.41, 5.74) is 1.98. The lowest BCUT2D eigenvalue weighted by atomic mass is 10.0. The van der Waals surface area contributed by atoms with Gasteiger partial charge in [-0.15, -0.1) is 0 Å². The van der Waals surface area contributed by atoms with Crippen molar-refractivity contribution in [1.29, 1.82) is 0 Å². The predicted molar refractivity (Wildman–Crippen MR) is 91.7 cm³/mol. The molecule has 1 aromatic rings. The van der Waals surface area contributed by atoms with Gasteiger partial charge in [-0.05, 0) is 49.9 Å². The molecule has 0 aliphatic carbocycles. The number of nitrogens with zero attached hydrogens (tertiary/aromatic N) is 1. The molecule has 24 heavy (non-hydrogen) atoms. The van der Waals surface area contributed by atoms with E-state index in [1.165, 1.54) is 6.07 Å².